The minimum atomic E-state index is -3.64. The zero-order valence-corrected chi connectivity index (χ0v) is 15.1. The van der Waals surface area contributed by atoms with Gasteiger partial charge in [-0.05, 0) is 17.7 Å². The van der Waals surface area contributed by atoms with Gasteiger partial charge in [-0.25, -0.2) is 8.42 Å². The van der Waals surface area contributed by atoms with Gasteiger partial charge in [-0.1, -0.05) is 23.7 Å². The number of nitrogens with zero attached hydrogens (tertiary/aromatic N) is 2. The van der Waals surface area contributed by atoms with E-state index in [1.165, 1.54) is 6.20 Å². The summed E-state index contributed by atoms with van der Waals surface area (Å²) in [6.07, 6.45) is 2.44. The van der Waals surface area contributed by atoms with Crippen LogP contribution >= 0.6 is 22.3 Å². The molecular formula is C11H13Cl2N3O5S2. The number of halogens is 2. The van der Waals surface area contributed by atoms with E-state index in [9.17, 15) is 16.8 Å². The molecule has 1 N–H and O–H groups in total. The average molecular weight is 402 g/mol. The topological polar surface area (TPSA) is 119 Å². The molecule has 12 heteroatoms. The molecule has 0 fully saturated rings. The van der Waals surface area contributed by atoms with Crippen LogP contribution in [-0.2, 0) is 23.4 Å². The molecule has 1 aromatic heterocycles. The first-order valence-corrected chi connectivity index (χ1v) is 10.8. The summed E-state index contributed by atoms with van der Waals surface area (Å²) in [5.74, 6) is 0. The molecule has 2 rings (SSSR count). The highest BCUT2D eigenvalue weighted by molar-refractivity contribution is 8.13. The minimum absolute atomic E-state index is 0.364. The van der Waals surface area contributed by atoms with Crippen molar-refractivity contribution in [3.8, 4) is 0 Å². The van der Waals surface area contributed by atoms with Crippen molar-refractivity contribution in [3.63, 3.8) is 0 Å². The Hall–Kier alpha value is -1.20. The van der Waals surface area contributed by atoms with Crippen molar-refractivity contribution in [3.05, 3.63) is 46.7 Å². The molecule has 0 saturated carbocycles. The zero-order chi connectivity index (χ0) is 17.7. The number of nitrogens with one attached hydrogen (secondary N) is 1. The summed E-state index contributed by atoms with van der Waals surface area (Å²) in [5.41, 5.74) is 0.949. The first kappa shape index (κ1) is 19.8. The van der Waals surface area contributed by atoms with Gasteiger partial charge in [0.05, 0.1) is 18.7 Å². The number of aromatic amines is 1. The molecule has 8 nitrogen and oxygen atoms in total. The molecule has 0 radical (unpaired) electrons. The van der Waals surface area contributed by atoms with Gasteiger partial charge in [0.15, 0.2) is 0 Å². The van der Waals surface area contributed by atoms with Crippen LogP contribution in [0, 0.1) is 0 Å². The Labute approximate surface area is 143 Å². The highest BCUT2D eigenvalue weighted by atomic mass is 35.7. The molecule has 0 aliphatic carbocycles. The van der Waals surface area contributed by atoms with Crippen LogP contribution in [0.2, 0.25) is 5.02 Å². The second-order valence-electron chi connectivity index (χ2n) is 4.31. The zero-order valence-electron chi connectivity index (χ0n) is 12.0. The third-order valence-electron chi connectivity index (χ3n) is 2.12. The van der Waals surface area contributed by atoms with Gasteiger partial charge in [-0.2, -0.15) is 23.8 Å². The van der Waals surface area contributed by atoms with Crippen LogP contribution in [0.25, 0.3) is 0 Å². The molecule has 0 saturated heterocycles. The summed E-state index contributed by atoms with van der Waals surface area (Å²) >= 11 is 5.87. The predicted octanol–water partition coefficient (Wildman–Crippen LogP) is 1.71. The number of aromatic nitrogens is 3. The van der Waals surface area contributed by atoms with Crippen molar-refractivity contribution >= 4 is 41.5 Å². The summed E-state index contributed by atoms with van der Waals surface area (Å²) in [6.45, 7) is 0. The van der Waals surface area contributed by atoms with Crippen LogP contribution < -0.4 is 0 Å². The lowest BCUT2D eigenvalue weighted by Crippen LogP contribution is -2.12. The molecule has 0 bridgehead atoms. The summed E-state index contributed by atoms with van der Waals surface area (Å²) in [5, 5.41) is 10.4. The normalized spacial score (nSPS) is 13.0. The summed E-state index contributed by atoms with van der Waals surface area (Å²) in [4.78, 5) is 0. The van der Waals surface area contributed by atoms with Crippen molar-refractivity contribution in [2.45, 2.75) is 6.10 Å². The van der Waals surface area contributed by atoms with Gasteiger partial charge < -0.3 is 0 Å². The van der Waals surface area contributed by atoms with Gasteiger partial charge in [-0.3, -0.25) is 4.18 Å². The molecule has 1 unspecified atom stereocenters. The average Bonchev–Trinajstić information content (AvgIpc) is 2.86. The Morgan fingerprint density at radius 2 is 1.83 bits per heavy atom. The second-order valence-corrected chi connectivity index (χ2v) is 9.39. The number of hydrogen-bond acceptors (Lipinski definition) is 7. The molecule has 0 aliphatic heterocycles. The van der Waals surface area contributed by atoms with E-state index in [0.717, 1.165) is 12.5 Å². The van der Waals surface area contributed by atoms with Crippen molar-refractivity contribution in [2.75, 3.05) is 12.5 Å². The quantitative estimate of drug-likeness (QED) is 0.611. The number of H-pyrrole nitrogens is 1. The lowest BCUT2D eigenvalue weighted by atomic mass is 10.1. The van der Waals surface area contributed by atoms with Crippen molar-refractivity contribution in [2.24, 2.45) is 0 Å². The molecule has 1 atom stereocenters. The molecule has 0 aliphatic rings. The van der Waals surface area contributed by atoms with E-state index in [2.05, 4.69) is 26.1 Å². The van der Waals surface area contributed by atoms with Gasteiger partial charge in [0.25, 0.3) is 10.1 Å². The summed E-state index contributed by atoms with van der Waals surface area (Å²) in [7, 11) is -2.33. The van der Waals surface area contributed by atoms with E-state index < -0.39 is 25.3 Å². The standard InChI is InChI=1S/C10H10ClN3O3S.CH3ClO2S/c1-18(15,16)17-10(9-6-12-14-13-9)7-3-2-4-8(11)5-7;1-5(2,3)4/h2-6,10H,1H3,(H,12,13,14);1H3. The van der Waals surface area contributed by atoms with Crippen LogP contribution in [0.3, 0.4) is 0 Å². The Morgan fingerprint density at radius 1 is 1.22 bits per heavy atom. The van der Waals surface area contributed by atoms with Gasteiger partial charge in [0, 0.05) is 15.7 Å². The van der Waals surface area contributed by atoms with Crippen molar-refractivity contribution in [1.29, 1.82) is 0 Å². The maximum absolute atomic E-state index is 11.3. The molecule has 0 spiro atoms. The van der Waals surface area contributed by atoms with E-state index in [-0.39, 0.29) is 0 Å². The van der Waals surface area contributed by atoms with Crippen LogP contribution in [0.15, 0.2) is 30.5 Å². The Balaban J connectivity index is 0.000000463. The predicted molar refractivity (Wildman–Crippen MR) is 86.3 cm³/mol. The van der Waals surface area contributed by atoms with E-state index >= 15 is 0 Å². The molecule has 1 aromatic carbocycles. The maximum Gasteiger partial charge on any atom is 0.265 e. The summed E-state index contributed by atoms with van der Waals surface area (Å²) < 4.78 is 46.4. The molecular weight excluding hydrogens is 389 g/mol. The van der Waals surface area contributed by atoms with E-state index in [1.807, 2.05) is 0 Å². The van der Waals surface area contributed by atoms with Crippen molar-refractivity contribution < 1.29 is 21.0 Å². The molecule has 23 heavy (non-hydrogen) atoms. The molecule has 128 valence electrons. The summed E-state index contributed by atoms with van der Waals surface area (Å²) in [6, 6.07) is 6.71. The first-order chi connectivity index (χ1) is 10.5. The third-order valence-corrected chi connectivity index (χ3v) is 2.90. The fraction of sp³-hybridized carbons (Fsp3) is 0.273. The SMILES string of the molecule is CS(=O)(=O)Cl.CS(=O)(=O)OC(c1cccc(Cl)c1)c1cn[nH]n1. The fourth-order valence-corrected chi connectivity index (χ4v) is 2.21. The van der Waals surface area contributed by atoms with Gasteiger partial charge in [0.1, 0.15) is 11.8 Å². The second kappa shape index (κ2) is 8.06. The van der Waals surface area contributed by atoms with Crippen molar-refractivity contribution in [1.82, 2.24) is 15.4 Å². The van der Waals surface area contributed by atoms with Crippen LogP contribution in [0.4, 0.5) is 0 Å². The Kier molecular flexibility index (Phi) is 6.96. The van der Waals surface area contributed by atoms with Gasteiger partial charge >= 0.3 is 0 Å². The largest absolute Gasteiger partial charge is 0.265 e. The number of rotatable bonds is 4. The van der Waals surface area contributed by atoms with Gasteiger partial charge in [0.2, 0.25) is 9.05 Å². The van der Waals surface area contributed by atoms with E-state index in [4.69, 9.17) is 15.8 Å². The van der Waals surface area contributed by atoms with Crippen LogP contribution in [-0.4, -0.2) is 44.8 Å². The fourth-order valence-electron chi connectivity index (χ4n) is 1.46. The van der Waals surface area contributed by atoms with E-state index in [0.29, 0.717) is 16.3 Å². The highest BCUT2D eigenvalue weighted by Crippen LogP contribution is 2.27. The lowest BCUT2D eigenvalue weighted by Gasteiger charge is -2.14. The smallest absolute Gasteiger partial charge is 0.255 e. The highest BCUT2D eigenvalue weighted by Gasteiger charge is 2.22. The van der Waals surface area contributed by atoms with Gasteiger partial charge in [-0.15, -0.1) is 0 Å². The minimum Gasteiger partial charge on any atom is -0.255 e. The molecule has 1 heterocycles. The Bertz CT molecular complexity index is 830. The Morgan fingerprint density at radius 3 is 2.26 bits per heavy atom. The number of hydrogen-bond donors (Lipinski definition) is 1. The molecule has 0 amide bonds. The molecule has 2 aromatic rings. The lowest BCUT2D eigenvalue weighted by molar-refractivity contribution is 0.251. The first-order valence-electron chi connectivity index (χ1n) is 5.85. The third kappa shape index (κ3) is 8.86. The van der Waals surface area contributed by atoms with E-state index in [1.54, 1.807) is 24.3 Å². The monoisotopic (exact) mass is 401 g/mol. The van der Waals surface area contributed by atoms with Crippen LogP contribution in [0.5, 0.6) is 0 Å². The number of benzene rings is 1. The van der Waals surface area contributed by atoms with Crippen LogP contribution in [0.1, 0.15) is 17.4 Å². The maximum atomic E-state index is 11.3.